The van der Waals surface area contributed by atoms with E-state index in [1.807, 2.05) is 19.0 Å². The molecule has 0 amide bonds. The zero-order valence-electron chi connectivity index (χ0n) is 14.7. The first-order valence-electron chi connectivity index (χ1n) is 7.91. The summed E-state index contributed by atoms with van der Waals surface area (Å²) in [5.41, 5.74) is 0.585. The fourth-order valence-corrected chi connectivity index (χ4v) is 2.67. The van der Waals surface area contributed by atoms with Gasteiger partial charge in [0.05, 0.1) is 0 Å². The molecule has 0 aromatic rings. The van der Waals surface area contributed by atoms with Crippen LogP contribution in [0, 0.1) is 22.7 Å². The molecule has 1 aliphatic carbocycles. The molecule has 0 aromatic carbocycles. The average molecular weight is 303 g/mol. The van der Waals surface area contributed by atoms with Crippen molar-refractivity contribution in [3.8, 4) is 0 Å². The van der Waals surface area contributed by atoms with Gasteiger partial charge in [-0.05, 0) is 50.9 Å². The van der Waals surface area contributed by atoms with Gasteiger partial charge in [-0.3, -0.25) is 0 Å². The van der Waals surface area contributed by atoms with Crippen molar-refractivity contribution in [2.75, 3.05) is 20.0 Å². The molecule has 0 aliphatic heterocycles. The van der Waals surface area contributed by atoms with Gasteiger partial charge in [-0.2, -0.15) is 12.6 Å². The lowest BCUT2D eigenvalue weighted by atomic mass is 9.73. The number of rotatable bonds is 4. The first kappa shape index (κ1) is 22.3. The van der Waals surface area contributed by atoms with Crippen molar-refractivity contribution in [1.82, 2.24) is 4.90 Å². The molecular weight excluding hydrogens is 264 g/mol. The minimum atomic E-state index is 0.585. The molecule has 0 bridgehead atoms. The Hall–Kier alpha value is -0.0200. The minimum Gasteiger partial charge on any atom is -0.317 e. The highest BCUT2D eigenvalue weighted by Gasteiger charge is 2.25. The molecule has 2 nitrogen and oxygen atoms in total. The number of thiol groups is 1. The summed E-state index contributed by atoms with van der Waals surface area (Å²) in [6.07, 6.45) is 8.72. The number of hydrogen-bond donors (Lipinski definition) is 2. The predicted octanol–water partition coefficient (Wildman–Crippen LogP) is 5.34. The third kappa shape index (κ3) is 13.0. The standard InChI is InChI=1S/C13H26.C3H9NS.CH3N/c1-5-13(3,4)10-12-8-6-7-11(2)9-12;1-4(2)3-5;1-2/h11-12H,5-10H2,1-4H3;5H,3H2,1-2H3;2H,1H2. The van der Waals surface area contributed by atoms with Crippen molar-refractivity contribution >= 4 is 19.3 Å². The lowest BCUT2D eigenvalue weighted by Gasteiger charge is -2.33. The Labute approximate surface area is 133 Å². The van der Waals surface area contributed by atoms with E-state index in [2.05, 4.69) is 47.0 Å². The number of hydrogen-bond acceptors (Lipinski definition) is 3. The van der Waals surface area contributed by atoms with Gasteiger partial charge in [0, 0.05) is 5.88 Å². The number of nitrogens with zero attached hydrogens (tertiary/aromatic N) is 1. The smallest absolute Gasteiger partial charge is 0.0408 e. The second-order valence-electron chi connectivity index (χ2n) is 7.08. The first-order chi connectivity index (χ1) is 9.30. The van der Waals surface area contributed by atoms with Crippen molar-refractivity contribution in [3.05, 3.63) is 0 Å². The third-order valence-corrected chi connectivity index (χ3v) is 4.69. The molecule has 1 N–H and O–H groups in total. The van der Waals surface area contributed by atoms with E-state index in [0.29, 0.717) is 5.41 Å². The van der Waals surface area contributed by atoms with Gasteiger partial charge < -0.3 is 10.3 Å². The van der Waals surface area contributed by atoms with Gasteiger partial charge in [0.1, 0.15) is 0 Å². The lowest BCUT2D eigenvalue weighted by Crippen LogP contribution is -2.20. The zero-order valence-corrected chi connectivity index (χ0v) is 15.6. The van der Waals surface area contributed by atoms with Crippen LogP contribution >= 0.6 is 12.6 Å². The van der Waals surface area contributed by atoms with Gasteiger partial charge in [-0.25, -0.2) is 0 Å². The molecule has 2 atom stereocenters. The van der Waals surface area contributed by atoms with Crippen molar-refractivity contribution < 1.29 is 0 Å². The summed E-state index contributed by atoms with van der Waals surface area (Å²) in [6.45, 7) is 12.1. The Morgan fingerprint density at radius 1 is 1.25 bits per heavy atom. The monoisotopic (exact) mass is 302 g/mol. The summed E-state index contributed by atoms with van der Waals surface area (Å²) in [7, 11) is 3.96. The van der Waals surface area contributed by atoms with E-state index in [1.165, 1.54) is 38.5 Å². The predicted molar refractivity (Wildman–Crippen MR) is 97.2 cm³/mol. The molecule has 0 spiro atoms. The van der Waals surface area contributed by atoms with Gasteiger partial charge in [0.2, 0.25) is 0 Å². The Bertz CT molecular complexity index is 217. The van der Waals surface area contributed by atoms with Crippen LogP contribution in [0.3, 0.4) is 0 Å². The maximum Gasteiger partial charge on any atom is 0.0408 e. The molecule has 3 heteroatoms. The van der Waals surface area contributed by atoms with Crippen molar-refractivity contribution in [1.29, 1.82) is 5.41 Å². The summed E-state index contributed by atoms with van der Waals surface area (Å²) >= 11 is 3.94. The molecule has 0 aromatic heterocycles. The van der Waals surface area contributed by atoms with Crippen LogP contribution in [-0.2, 0) is 0 Å². The molecular formula is C17H38N2S. The van der Waals surface area contributed by atoms with E-state index < -0.39 is 0 Å². The Morgan fingerprint density at radius 3 is 2.10 bits per heavy atom. The summed E-state index contributed by atoms with van der Waals surface area (Å²) in [5.74, 6) is 2.85. The molecule has 1 aliphatic rings. The molecule has 122 valence electrons. The second kappa shape index (κ2) is 12.7. The van der Waals surface area contributed by atoms with Gasteiger partial charge >= 0.3 is 0 Å². The highest BCUT2D eigenvalue weighted by molar-refractivity contribution is 7.80. The molecule has 1 saturated carbocycles. The van der Waals surface area contributed by atoms with Crippen molar-refractivity contribution in [3.63, 3.8) is 0 Å². The Morgan fingerprint density at radius 2 is 1.75 bits per heavy atom. The summed E-state index contributed by atoms with van der Waals surface area (Å²) in [4.78, 5) is 1.99. The average Bonchev–Trinajstić information content (AvgIpc) is 2.41. The van der Waals surface area contributed by atoms with Gasteiger partial charge in [0.25, 0.3) is 0 Å². The van der Waals surface area contributed by atoms with E-state index >= 15 is 0 Å². The molecule has 0 saturated heterocycles. The van der Waals surface area contributed by atoms with E-state index in [4.69, 9.17) is 5.41 Å². The van der Waals surface area contributed by atoms with E-state index in [9.17, 15) is 0 Å². The van der Waals surface area contributed by atoms with Crippen LogP contribution in [0.1, 0.15) is 66.2 Å². The van der Waals surface area contributed by atoms with Gasteiger partial charge in [0.15, 0.2) is 0 Å². The lowest BCUT2D eigenvalue weighted by molar-refractivity contribution is 0.188. The minimum absolute atomic E-state index is 0.585. The Kier molecular flexibility index (Phi) is 14.1. The van der Waals surface area contributed by atoms with E-state index in [0.717, 1.165) is 17.7 Å². The summed E-state index contributed by atoms with van der Waals surface area (Å²) in [5, 5.41) is 5.50. The van der Waals surface area contributed by atoms with Gasteiger partial charge in [-0.15, -0.1) is 0 Å². The van der Waals surface area contributed by atoms with Crippen molar-refractivity contribution in [2.45, 2.75) is 66.2 Å². The topological polar surface area (TPSA) is 27.1 Å². The fraction of sp³-hybridized carbons (Fsp3) is 0.941. The molecule has 1 rings (SSSR count). The molecule has 0 heterocycles. The van der Waals surface area contributed by atoms with Crippen molar-refractivity contribution in [2.24, 2.45) is 17.3 Å². The fourth-order valence-electron chi connectivity index (χ4n) is 2.67. The molecule has 20 heavy (non-hydrogen) atoms. The number of nitrogens with one attached hydrogen (secondary N) is 1. The maximum absolute atomic E-state index is 5.50. The normalized spacial score (nSPS) is 22.4. The molecule has 0 radical (unpaired) electrons. The SMILES string of the molecule is C=N.CCC(C)(C)CC1CCCC(C)C1.CN(C)CS. The Balaban J connectivity index is 0. The van der Waals surface area contributed by atoms with Gasteiger partial charge in [-0.1, -0.05) is 53.4 Å². The quantitative estimate of drug-likeness (QED) is 0.409. The zero-order chi connectivity index (χ0) is 16.2. The first-order valence-corrected chi connectivity index (χ1v) is 8.55. The van der Waals surface area contributed by atoms with Crippen LogP contribution in [0.4, 0.5) is 0 Å². The van der Waals surface area contributed by atoms with Crippen LogP contribution in [0.5, 0.6) is 0 Å². The highest BCUT2D eigenvalue weighted by Crippen LogP contribution is 2.38. The van der Waals surface area contributed by atoms with Crippen LogP contribution < -0.4 is 0 Å². The highest BCUT2D eigenvalue weighted by atomic mass is 32.1. The van der Waals surface area contributed by atoms with Crippen LogP contribution in [0.2, 0.25) is 0 Å². The summed E-state index contributed by atoms with van der Waals surface area (Å²) < 4.78 is 0. The summed E-state index contributed by atoms with van der Waals surface area (Å²) in [6, 6.07) is 0. The second-order valence-corrected chi connectivity index (χ2v) is 7.36. The largest absolute Gasteiger partial charge is 0.317 e. The van der Waals surface area contributed by atoms with Crippen LogP contribution in [-0.4, -0.2) is 31.6 Å². The molecule has 2 unspecified atom stereocenters. The van der Waals surface area contributed by atoms with E-state index in [1.54, 1.807) is 0 Å². The van der Waals surface area contributed by atoms with E-state index in [-0.39, 0.29) is 0 Å². The van der Waals surface area contributed by atoms with Crippen LogP contribution in [0.25, 0.3) is 0 Å². The van der Waals surface area contributed by atoms with Crippen LogP contribution in [0.15, 0.2) is 0 Å². The third-order valence-electron chi connectivity index (χ3n) is 4.13. The molecule has 1 fully saturated rings. The maximum atomic E-state index is 5.50.